The molecule has 4 heteroatoms. The maximum atomic E-state index is 13.0. The zero-order valence-electron chi connectivity index (χ0n) is 17.5. The second-order valence-electron chi connectivity index (χ2n) is 8.05. The molecule has 2 aromatic carbocycles. The number of anilines is 2. The summed E-state index contributed by atoms with van der Waals surface area (Å²) in [6.45, 7) is 10.8. The first-order valence-corrected chi connectivity index (χ1v) is 10.1. The lowest BCUT2D eigenvalue weighted by Gasteiger charge is -2.22. The topological polar surface area (TPSA) is 49.4 Å². The molecule has 3 rings (SSSR count). The quantitative estimate of drug-likeness (QED) is 0.764. The van der Waals surface area contributed by atoms with Crippen LogP contribution in [0.3, 0.4) is 0 Å². The van der Waals surface area contributed by atoms with Gasteiger partial charge in [-0.1, -0.05) is 44.2 Å². The lowest BCUT2D eigenvalue weighted by atomic mass is 9.98. The fourth-order valence-corrected chi connectivity index (χ4v) is 3.78. The highest BCUT2D eigenvalue weighted by Crippen LogP contribution is 2.42. The highest BCUT2D eigenvalue weighted by atomic mass is 16.2. The molecule has 0 spiro atoms. The van der Waals surface area contributed by atoms with Crippen molar-refractivity contribution in [2.75, 3.05) is 16.8 Å². The molecule has 0 radical (unpaired) electrons. The van der Waals surface area contributed by atoms with Crippen LogP contribution in [0.4, 0.5) is 11.4 Å². The molecule has 28 heavy (non-hydrogen) atoms. The van der Waals surface area contributed by atoms with Crippen molar-refractivity contribution < 1.29 is 9.59 Å². The summed E-state index contributed by atoms with van der Waals surface area (Å²) < 4.78 is 0. The van der Waals surface area contributed by atoms with Gasteiger partial charge in [-0.2, -0.15) is 0 Å². The third-order valence-electron chi connectivity index (χ3n) is 5.52. The Kier molecular flexibility index (Phi) is 5.87. The molecule has 1 aliphatic rings. The van der Waals surface area contributed by atoms with E-state index in [2.05, 4.69) is 25.2 Å². The maximum Gasteiger partial charge on any atom is 0.230 e. The first kappa shape index (κ1) is 20.1. The van der Waals surface area contributed by atoms with Crippen molar-refractivity contribution in [2.24, 2.45) is 11.8 Å². The van der Waals surface area contributed by atoms with Crippen molar-refractivity contribution in [1.29, 1.82) is 0 Å². The number of benzene rings is 2. The van der Waals surface area contributed by atoms with Crippen molar-refractivity contribution in [3.05, 3.63) is 59.2 Å². The van der Waals surface area contributed by atoms with E-state index in [9.17, 15) is 9.59 Å². The molecule has 1 fully saturated rings. The number of carbonyl (C=O) groups excluding carboxylic acids is 2. The molecule has 0 aliphatic heterocycles. The van der Waals surface area contributed by atoms with Gasteiger partial charge in [-0.3, -0.25) is 9.59 Å². The molecular weight excluding hydrogens is 348 g/mol. The number of hydrogen-bond donors (Lipinski definition) is 1. The fraction of sp³-hybridized carbons (Fsp3) is 0.417. The van der Waals surface area contributed by atoms with Crippen molar-refractivity contribution in [2.45, 2.75) is 47.0 Å². The average Bonchev–Trinajstić information content (AvgIpc) is 3.44. The van der Waals surface area contributed by atoms with Gasteiger partial charge in [0.15, 0.2) is 0 Å². The van der Waals surface area contributed by atoms with E-state index in [4.69, 9.17) is 0 Å². The normalized spacial score (nSPS) is 18.1. The van der Waals surface area contributed by atoms with Crippen LogP contribution < -0.4 is 10.2 Å². The Labute approximate surface area is 167 Å². The van der Waals surface area contributed by atoms with E-state index >= 15 is 0 Å². The SMILES string of the molecule is CCN(C(=O)C1CC1C(=O)Nc1c(C)cccc1C(C)C)c1cccc(C)c1. The number of para-hydroxylation sites is 1. The standard InChI is InChI=1S/C24H30N2O2/c1-6-26(18-11-7-9-16(4)13-18)24(28)21-14-20(21)23(27)25-22-17(5)10-8-12-19(22)15(2)3/h7-13,15,20-21H,6,14H2,1-5H3,(H,25,27). The number of carbonyl (C=O) groups is 2. The molecule has 1 N–H and O–H groups in total. The van der Waals surface area contributed by atoms with Gasteiger partial charge in [0, 0.05) is 17.9 Å². The summed E-state index contributed by atoms with van der Waals surface area (Å²) in [6.07, 6.45) is 0.621. The lowest BCUT2D eigenvalue weighted by Crippen LogP contribution is -2.33. The van der Waals surface area contributed by atoms with E-state index in [1.165, 1.54) is 0 Å². The Morgan fingerprint density at radius 1 is 1.11 bits per heavy atom. The van der Waals surface area contributed by atoms with Crippen LogP contribution in [0.5, 0.6) is 0 Å². The van der Waals surface area contributed by atoms with Gasteiger partial charge in [0.05, 0.1) is 11.8 Å². The van der Waals surface area contributed by atoms with E-state index in [1.807, 2.05) is 57.2 Å². The minimum absolute atomic E-state index is 0.0436. The van der Waals surface area contributed by atoms with Crippen molar-refractivity contribution in [3.63, 3.8) is 0 Å². The van der Waals surface area contributed by atoms with E-state index in [-0.39, 0.29) is 23.7 Å². The predicted molar refractivity (Wildman–Crippen MR) is 115 cm³/mol. The van der Waals surface area contributed by atoms with Gasteiger partial charge in [-0.15, -0.1) is 0 Å². The van der Waals surface area contributed by atoms with Crippen LogP contribution in [-0.2, 0) is 9.59 Å². The van der Waals surface area contributed by atoms with Crippen LogP contribution in [0.15, 0.2) is 42.5 Å². The van der Waals surface area contributed by atoms with Crippen LogP contribution in [0.2, 0.25) is 0 Å². The molecule has 2 amide bonds. The third kappa shape index (κ3) is 4.11. The zero-order chi connectivity index (χ0) is 20.4. The van der Waals surface area contributed by atoms with Crippen molar-refractivity contribution in [3.8, 4) is 0 Å². The molecule has 2 unspecified atom stereocenters. The summed E-state index contributed by atoms with van der Waals surface area (Å²) >= 11 is 0. The Bertz CT molecular complexity index is 888. The fourth-order valence-electron chi connectivity index (χ4n) is 3.78. The monoisotopic (exact) mass is 378 g/mol. The lowest BCUT2D eigenvalue weighted by molar-refractivity contribution is -0.123. The third-order valence-corrected chi connectivity index (χ3v) is 5.52. The van der Waals surface area contributed by atoms with Gasteiger partial charge < -0.3 is 10.2 Å². The van der Waals surface area contributed by atoms with Crippen molar-refractivity contribution in [1.82, 2.24) is 0 Å². The van der Waals surface area contributed by atoms with E-state index in [0.717, 1.165) is 28.1 Å². The van der Waals surface area contributed by atoms with E-state index < -0.39 is 0 Å². The number of nitrogens with zero attached hydrogens (tertiary/aromatic N) is 1. The zero-order valence-corrected chi connectivity index (χ0v) is 17.5. The molecule has 0 saturated heterocycles. The maximum absolute atomic E-state index is 13.0. The largest absolute Gasteiger partial charge is 0.325 e. The Morgan fingerprint density at radius 2 is 1.82 bits per heavy atom. The second kappa shape index (κ2) is 8.17. The molecule has 2 aromatic rings. The number of rotatable bonds is 6. The van der Waals surface area contributed by atoms with Crippen LogP contribution in [0.25, 0.3) is 0 Å². The summed E-state index contributed by atoms with van der Waals surface area (Å²) in [4.78, 5) is 27.6. The van der Waals surface area contributed by atoms with Crippen molar-refractivity contribution >= 4 is 23.2 Å². The van der Waals surface area contributed by atoms with Crippen LogP contribution in [0.1, 0.15) is 49.8 Å². The predicted octanol–water partition coefficient (Wildman–Crippen LogP) is 5.05. The first-order valence-electron chi connectivity index (χ1n) is 10.1. The minimum atomic E-state index is -0.244. The van der Waals surface area contributed by atoms with Gasteiger partial charge >= 0.3 is 0 Å². The summed E-state index contributed by atoms with van der Waals surface area (Å²) in [6, 6.07) is 14.0. The van der Waals surface area contributed by atoms with Gasteiger partial charge in [0.1, 0.15) is 0 Å². The molecule has 0 heterocycles. The van der Waals surface area contributed by atoms with Gasteiger partial charge in [0.2, 0.25) is 11.8 Å². The Morgan fingerprint density at radius 3 is 2.46 bits per heavy atom. The minimum Gasteiger partial charge on any atom is -0.325 e. The number of aryl methyl sites for hydroxylation is 2. The molecule has 1 aliphatic carbocycles. The Balaban J connectivity index is 1.71. The van der Waals surface area contributed by atoms with Crippen LogP contribution >= 0.6 is 0 Å². The molecule has 4 nitrogen and oxygen atoms in total. The highest BCUT2D eigenvalue weighted by molar-refractivity contribution is 6.04. The highest BCUT2D eigenvalue weighted by Gasteiger charge is 2.49. The van der Waals surface area contributed by atoms with Gasteiger partial charge in [-0.05, 0) is 61.9 Å². The number of amides is 2. The van der Waals surface area contributed by atoms with Crippen LogP contribution in [0, 0.1) is 25.7 Å². The van der Waals surface area contributed by atoms with Gasteiger partial charge in [-0.25, -0.2) is 0 Å². The molecular formula is C24H30N2O2. The molecule has 2 atom stereocenters. The second-order valence-corrected chi connectivity index (χ2v) is 8.05. The summed E-state index contributed by atoms with van der Waals surface area (Å²) in [5, 5.41) is 3.10. The number of nitrogens with one attached hydrogen (secondary N) is 1. The Hall–Kier alpha value is -2.62. The molecule has 0 bridgehead atoms. The summed E-state index contributed by atoms with van der Waals surface area (Å²) in [5.74, 6) is -0.154. The average molecular weight is 379 g/mol. The summed E-state index contributed by atoms with van der Waals surface area (Å²) in [7, 11) is 0. The van der Waals surface area contributed by atoms with E-state index in [0.29, 0.717) is 18.9 Å². The molecule has 148 valence electrons. The van der Waals surface area contributed by atoms with Crippen LogP contribution in [-0.4, -0.2) is 18.4 Å². The van der Waals surface area contributed by atoms with Gasteiger partial charge in [0.25, 0.3) is 0 Å². The van der Waals surface area contributed by atoms with E-state index in [1.54, 1.807) is 4.90 Å². The number of hydrogen-bond acceptors (Lipinski definition) is 2. The summed E-state index contributed by atoms with van der Waals surface area (Å²) in [5.41, 5.74) is 5.10. The first-order chi connectivity index (χ1) is 13.3. The molecule has 0 aromatic heterocycles. The molecule has 1 saturated carbocycles. The smallest absolute Gasteiger partial charge is 0.230 e.